The molecule has 0 radical (unpaired) electrons. The van der Waals surface area contributed by atoms with Gasteiger partial charge in [-0.25, -0.2) is 0 Å². The van der Waals surface area contributed by atoms with E-state index in [1.165, 1.54) is 0 Å². The summed E-state index contributed by atoms with van der Waals surface area (Å²) < 4.78 is 10.6. The van der Waals surface area contributed by atoms with E-state index in [0.717, 1.165) is 37.5 Å². The summed E-state index contributed by atoms with van der Waals surface area (Å²) in [5.41, 5.74) is 0. The van der Waals surface area contributed by atoms with Gasteiger partial charge in [0.25, 0.3) is 0 Å². The topological polar surface area (TPSA) is 45.8 Å². The largest absolute Gasteiger partial charge is 0.462 e. The summed E-state index contributed by atoms with van der Waals surface area (Å²) in [4.78, 5) is 2.27. The van der Waals surface area contributed by atoms with Crippen LogP contribution in [0.4, 0.5) is 0 Å². The Bertz CT molecular complexity index is 324. The fourth-order valence-electron chi connectivity index (χ4n) is 2.24. The zero-order valence-corrected chi connectivity index (χ0v) is 9.69. The number of methoxy groups -OCH3 is 1. The third-order valence-electron chi connectivity index (χ3n) is 3.07. The lowest BCUT2D eigenvalue weighted by molar-refractivity contribution is 0.138. The highest BCUT2D eigenvalue weighted by Crippen LogP contribution is 2.20. The Hall–Kier alpha value is -0.840. The van der Waals surface area contributed by atoms with Crippen LogP contribution in [0.15, 0.2) is 16.5 Å². The molecule has 0 aromatic carbocycles. The molecular formula is C12H19NO3. The number of hydrogen-bond donors (Lipinski definition) is 1. The second kappa shape index (κ2) is 5.48. The molecule has 0 unspecified atom stereocenters. The molecule has 1 aliphatic rings. The van der Waals surface area contributed by atoms with Crippen molar-refractivity contribution in [2.75, 3.05) is 20.3 Å². The van der Waals surface area contributed by atoms with Gasteiger partial charge in [-0.2, -0.15) is 0 Å². The number of aliphatic hydroxyl groups excluding tert-OH is 1. The van der Waals surface area contributed by atoms with E-state index in [2.05, 4.69) is 4.90 Å². The molecule has 0 spiro atoms. The summed E-state index contributed by atoms with van der Waals surface area (Å²) in [6, 6.07) is 4.24. The van der Waals surface area contributed by atoms with Gasteiger partial charge < -0.3 is 14.3 Å². The highest BCUT2D eigenvalue weighted by atomic mass is 16.5. The smallest absolute Gasteiger partial charge is 0.129 e. The molecule has 1 N–H and O–H groups in total. The van der Waals surface area contributed by atoms with E-state index in [9.17, 15) is 5.11 Å². The predicted octanol–water partition coefficient (Wildman–Crippen LogP) is 1.38. The van der Waals surface area contributed by atoms with Crippen molar-refractivity contribution in [3.8, 4) is 0 Å². The molecule has 1 aromatic rings. The molecule has 1 aliphatic heterocycles. The van der Waals surface area contributed by atoms with E-state index in [4.69, 9.17) is 9.15 Å². The summed E-state index contributed by atoms with van der Waals surface area (Å²) in [7, 11) is 1.66. The standard InChI is InChI=1S/C12H19NO3/c1-15-9-12-5-4-11(16-12)7-13-6-2-3-10(13)8-14/h4-5,10,14H,2-3,6-9H2,1H3/t10-/m1/s1. The van der Waals surface area contributed by atoms with Gasteiger partial charge >= 0.3 is 0 Å². The van der Waals surface area contributed by atoms with E-state index < -0.39 is 0 Å². The van der Waals surface area contributed by atoms with E-state index >= 15 is 0 Å². The number of aliphatic hydroxyl groups is 1. The molecule has 90 valence electrons. The maximum atomic E-state index is 9.21. The quantitative estimate of drug-likeness (QED) is 0.822. The molecule has 0 saturated carbocycles. The lowest BCUT2D eigenvalue weighted by Gasteiger charge is -2.21. The number of ether oxygens (including phenoxy) is 1. The minimum Gasteiger partial charge on any atom is -0.462 e. The number of furan rings is 1. The number of rotatable bonds is 5. The van der Waals surface area contributed by atoms with Crippen molar-refractivity contribution in [1.82, 2.24) is 4.90 Å². The molecule has 0 bridgehead atoms. The Labute approximate surface area is 95.8 Å². The number of hydrogen-bond acceptors (Lipinski definition) is 4. The van der Waals surface area contributed by atoms with Crippen LogP contribution in [0.1, 0.15) is 24.4 Å². The van der Waals surface area contributed by atoms with Crippen molar-refractivity contribution in [2.45, 2.75) is 32.0 Å². The fraction of sp³-hybridized carbons (Fsp3) is 0.667. The van der Waals surface area contributed by atoms with Crippen molar-refractivity contribution in [3.05, 3.63) is 23.7 Å². The van der Waals surface area contributed by atoms with Gasteiger partial charge in [-0.05, 0) is 31.5 Å². The van der Waals surface area contributed by atoms with Gasteiger partial charge in [-0.3, -0.25) is 4.90 Å². The van der Waals surface area contributed by atoms with Crippen molar-refractivity contribution in [2.24, 2.45) is 0 Å². The zero-order valence-electron chi connectivity index (χ0n) is 9.69. The Balaban J connectivity index is 1.92. The van der Waals surface area contributed by atoms with Gasteiger partial charge in [0.15, 0.2) is 0 Å². The average Bonchev–Trinajstić information content (AvgIpc) is 2.89. The molecule has 1 fully saturated rings. The van der Waals surface area contributed by atoms with Crippen molar-refractivity contribution >= 4 is 0 Å². The van der Waals surface area contributed by atoms with Gasteiger partial charge in [0.1, 0.15) is 18.1 Å². The van der Waals surface area contributed by atoms with Crippen LogP contribution in [0.3, 0.4) is 0 Å². The summed E-state index contributed by atoms with van der Waals surface area (Å²) in [5.74, 6) is 1.81. The van der Waals surface area contributed by atoms with Crippen LogP contribution < -0.4 is 0 Å². The summed E-state index contributed by atoms with van der Waals surface area (Å²) in [6.07, 6.45) is 2.25. The highest BCUT2D eigenvalue weighted by molar-refractivity contribution is 5.07. The third kappa shape index (κ3) is 2.64. The summed E-state index contributed by atoms with van der Waals surface area (Å²) in [6.45, 7) is 2.59. The first-order valence-electron chi connectivity index (χ1n) is 5.75. The van der Waals surface area contributed by atoms with Crippen LogP contribution in [-0.4, -0.2) is 36.3 Å². The minimum atomic E-state index is 0.242. The second-order valence-corrected chi connectivity index (χ2v) is 4.25. The van der Waals surface area contributed by atoms with Gasteiger partial charge in [0, 0.05) is 13.2 Å². The third-order valence-corrected chi connectivity index (χ3v) is 3.07. The summed E-state index contributed by atoms with van der Waals surface area (Å²) in [5, 5.41) is 9.21. The first-order chi connectivity index (χ1) is 7.83. The van der Waals surface area contributed by atoms with Crippen LogP contribution in [-0.2, 0) is 17.9 Å². The molecule has 4 nitrogen and oxygen atoms in total. The molecule has 0 amide bonds. The molecule has 1 atom stereocenters. The molecule has 16 heavy (non-hydrogen) atoms. The maximum absolute atomic E-state index is 9.21. The van der Waals surface area contributed by atoms with E-state index in [1.54, 1.807) is 7.11 Å². The van der Waals surface area contributed by atoms with Gasteiger partial charge in [-0.1, -0.05) is 0 Å². The van der Waals surface area contributed by atoms with E-state index in [0.29, 0.717) is 12.6 Å². The number of nitrogens with zero attached hydrogens (tertiary/aromatic N) is 1. The van der Waals surface area contributed by atoms with Crippen LogP contribution in [0.25, 0.3) is 0 Å². The predicted molar refractivity (Wildman–Crippen MR) is 59.9 cm³/mol. The first-order valence-corrected chi connectivity index (χ1v) is 5.75. The van der Waals surface area contributed by atoms with Crippen molar-refractivity contribution in [3.63, 3.8) is 0 Å². The second-order valence-electron chi connectivity index (χ2n) is 4.25. The molecule has 1 aromatic heterocycles. The van der Waals surface area contributed by atoms with Gasteiger partial charge in [0.2, 0.25) is 0 Å². The molecule has 2 heterocycles. The first kappa shape index (κ1) is 11.6. The van der Waals surface area contributed by atoms with Crippen LogP contribution >= 0.6 is 0 Å². The molecular weight excluding hydrogens is 206 g/mol. The fourth-order valence-corrected chi connectivity index (χ4v) is 2.24. The summed E-state index contributed by atoms with van der Waals surface area (Å²) >= 11 is 0. The van der Waals surface area contributed by atoms with Crippen LogP contribution in [0.2, 0.25) is 0 Å². The Morgan fingerprint density at radius 3 is 3.06 bits per heavy atom. The van der Waals surface area contributed by atoms with Crippen molar-refractivity contribution in [1.29, 1.82) is 0 Å². The van der Waals surface area contributed by atoms with E-state index in [1.807, 2.05) is 12.1 Å². The van der Waals surface area contributed by atoms with Crippen molar-refractivity contribution < 1.29 is 14.3 Å². The van der Waals surface area contributed by atoms with Gasteiger partial charge in [0.05, 0.1) is 13.2 Å². The van der Waals surface area contributed by atoms with Gasteiger partial charge in [-0.15, -0.1) is 0 Å². The Kier molecular flexibility index (Phi) is 3.98. The Morgan fingerprint density at radius 2 is 2.31 bits per heavy atom. The van der Waals surface area contributed by atoms with E-state index in [-0.39, 0.29) is 6.61 Å². The SMILES string of the molecule is COCc1ccc(CN2CCC[C@@H]2CO)o1. The molecule has 4 heteroatoms. The zero-order chi connectivity index (χ0) is 11.4. The maximum Gasteiger partial charge on any atom is 0.129 e. The lowest BCUT2D eigenvalue weighted by Crippen LogP contribution is -2.31. The minimum absolute atomic E-state index is 0.242. The van der Waals surface area contributed by atoms with Crippen LogP contribution in [0.5, 0.6) is 0 Å². The molecule has 0 aliphatic carbocycles. The highest BCUT2D eigenvalue weighted by Gasteiger charge is 2.24. The lowest BCUT2D eigenvalue weighted by atomic mass is 10.2. The Morgan fingerprint density at radius 1 is 1.50 bits per heavy atom. The molecule has 1 saturated heterocycles. The molecule has 2 rings (SSSR count). The van der Waals surface area contributed by atoms with Crippen LogP contribution in [0, 0.1) is 0 Å². The normalized spacial score (nSPS) is 21.8. The number of likely N-dealkylation sites (tertiary alicyclic amines) is 1. The average molecular weight is 225 g/mol. The monoisotopic (exact) mass is 225 g/mol.